The molecule has 0 fully saturated rings. The predicted octanol–water partition coefficient (Wildman–Crippen LogP) is 3.46. The third kappa shape index (κ3) is 8.77. The van der Waals surface area contributed by atoms with Gasteiger partial charge in [0.1, 0.15) is 5.75 Å². The van der Waals surface area contributed by atoms with Gasteiger partial charge in [0.15, 0.2) is 5.12 Å². The summed E-state index contributed by atoms with van der Waals surface area (Å²) in [6, 6.07) is 9.17. The predicted molar refractivity (Wildman–Crippen MR) is 102 cm³/mol. The molecule has 0 radical (unpaired) electrons. The van der Waals surface area contributed by atoms with Crippen LogP contribution >= 0.6 is 28.8 Å². The Kier molecular flexibility index (Phi) is 9.90. The normalized spacial score (nSPS) is 13.1. The molecule has 23 heavy (non-hydrogen) atoms. The summed E-state index contributed by atoms with van der Waals surface area (Å²) >= 11 is 7.64. The van der Waals surface area contributed by atoms with E-state index in [1.807, 2.05) is 32.0 Å². The van der Waals surface area contributed by atoms with Crippen molar-refractivity contribution in [2.45, 2.75) is 13.8 Å². The Labute approximate surface area is 150 Å². The number of hydrogen-bond donors (Lipinski definition) is 1. The topological polar surface area (TPSA) is 64.6 Å². The molecule has 5 nitrogen and oxygen atoms in total. The molecule has 1 atom stereocenters. The highest BCUT2D eigenvalue weighted by atomic mass is 32.9. The van der Waals surface area contributed by atoms with Gasteiger partial charge in [-0.3, -0.25) is 9.59 Å². The number of rotatable bonds is 10. The number of nitrogens with one attached hydrogen (secondary N) is 1. The molecule has 1 aromatic carbocycles. The van der Waals surface area contributed by atoms with Crippen LogP contribution in [0.2, 0.25) is 0 Å². The van der Waals surface area contributed by atoms with E-state index in [0.717, 1.165) is 11.8 Å². The first kappa shape index (κ1) is 20.5. The molecule has 1 amide bonds. The smallest absolute Gasteiger partial charge is 0.297 e. The minimum Gasteiger partial charge on any atom is -0.436 e. The Bertz CT molecular complexity index is 556. The van der Waals surface area contributed by atoms with Gasteiger partial charge in [0, 0.05) is 6.54 Å². The van der Waals surface area contributed by atoms with Crippen LogP contribution in [0.1, 0.15) is 13.8 Å². The van der Waals surface area contributed by atoms with Crippen LogP contribution < -0.4 is 9.84 Å². The van der Waals surface area contributed by atoms with Crippen LogP contribution in [0, 0.1) is 0 Å². The fourth-order valence-electron chi connectivity index (χ4n) is 1.43. The van der Waals surface area contributed by atoms with Crippen molar-refractivity contribution in [2.75, 3.05) is 24.7 Å². The molecule has 0 spiro atoms. The maximum atomic E-state index is 11.9. The zero-order chi connectivity index (χ0) is 17.1. The lowest BCUT2D eigenvalue weighted by Crippen LogP contribution is -2.25. The van der Waals surface area contributed by atoms with E-state index >= 15 is 0 Å². The summed E-state index contributed by atoms with van der Waals surface area (Å²) in [5, 5.41) is 2.53. The van der Waals surface area contributed by atoms with Crippen molar-refractivity contribution in [1.29, 1.82) is 0 Å². The third-order valence-electron chi connectivity index (χ3n) is 2.33. The zero-order valence-electron chi connectivity index (χ0n) is 13.0. The lowest BCUT2D eigenvalue weighted by atomic mass is 10.3. The van der Waals surface area contributed by atoms with Crippen LogP contribution in [0.15, 0.2) is 30.3 Å². The molecule has 0 saturated heterocycles. The molecule has 9 heteroatoms. The summed E-state index contributed by atoms with van der Waals surface area (Å²) in [5.41, 5.74) is -2.64. The van der Waals surface area contributed by atoms with E-state index in [-0.39, 0.29) is 22.5 Å². The van der Waals surface area contributed by atoms with Crippen LogP contribution in [0.25, 0.3) is 0 Å². The van der Waals surface area contributed by atoms with E-state index in [1.165, 1.54) is 11.4 Å². The fourth-order valence-corrected chi connectivity index (χ4v) is 6.56. The highest BCUT2D eigenvalue weighted by Crippen LogP contribution is 2.60. The van der Waals surface area contributed by atoms with Crippen molar-refractivity contribution in [2.24, 2.45) is 0 Å². The Hall–Kier alpha value is -0.530. The van der Waals surface area contributed by atoms with Crippen molar-refractivity contribution in [3.05, 3.63) is 30.3 Å². The largest absolute Gasteiger partial charge is 0.436 e. The van der Waals surface area contributed by atoms with Crippen LogP contribution in [0.4, 0.5) is 0 Å². The van der Waals surface area contributed by atoms with Gasteiger partial charge in [0.05, 0.1) is 18.1 Å². The van der Waals surface area contributed by atoms with Crippen LogP contribution in [-0.4, -0.2) is 35.7 Å². The summed E-state index contributed by atoms with van der Waals surface area (Å²) in [5.74, 6) is 0.734. The first-order chi connectivity index (χ1) is 11.0. The first-order valence-corrected chi connectivity index (χ1v) is 12.3. The van der Waals surface area contributed by atoms with E-state index in [0.29, 0.717) is 18.9 Å². The molecule has 1 rings (SSSR count). The van der Waals surface area contributed by atoms with Gasteiger partial charge in [-0.15, -0.1) is 0 Å². The molecule has 1 unspecified atom stereocenters. The minimum atomic E-state index is -2.64. The Morgan fingerprint density at radius 1 is 1.22 bits per heavy atom. The molecular formula is C14H20NO4PS3. The minimum absolute atomic E-state index is 0.115. The van der Waals surface area contributed by atoms with Crippen molar-refractivity contribution in [1.82, 2.24) is 5.32 Å². The highest BCUT2D eigenvalue weighted by molar-refractivity contribution is 8.68. The van der Waals surface area contributed by atoms with Crippen LogP contribution in [-0.2, 0) is 25.9 Å². The maximum absolute atomic E-state index is 11.9. The van der Waals surface area contributed by atoms with Gasteiger partial charge in [-0.1, -0.05) is 30.0 Å². The summed E-state index contributed by atoms with van der Waals surface area (Å²) in [7, 11) is 0. The van der Waals surface area contributed by atoms with Gasteiger partial charge in [-0.25, -0.2) is 0 Å². The lowest BCUT2D eigenvalue weighted by molar-refractivity contribution is -0.118. The molecule has 0 aliphatic heterocycles. The Morgan fingerprint density at radius 2 is 1.91 bits per heavy atom. The van der Waals surface area contributed by atoms with Gasteiger partial charge in [-0.05, 0) is 49.2 Å². The van der Waals surface area contributed by atoms with Gasteiger partial charge in [0.2, 0.25) is 5.91 Å². The molecule has 0 aromatic heterocycles. The molecule has 1 N–H and O–H groups in total. The van der Waals surface area contributed by atoms with Crippen molar-refractivity contribution < 1.29 is 18.6 Å². The number of hydrogen-bond acceptors (Lipinski definition) is 7. The molecule has 0 saturated carbocycles. The highest BCUT2D eigenvalue weighted by Gasteiger charge is 2.23. The average molecular weight is 393 g/mol. The summed E-state index contributed by atoms with van der Waals surface area (Å²) in [4.78, 5) is 23.2. The lowest BCUT2D eigenvalue weighted by Gasteiger charge is -2.21. The van der Waals surface area contributed by atoms with Gasteiger partial charge in [0.25, 0.3) is 5.69 Å². The number of para-hydroxylation sites is 1. The molecule has 128 valence electrons. The van der Waals surface area contributed by atoms with Gasteiger partial charge >= 0.3 is 0 Å². The van der Waals surface area contributed by atoms with Crippen LogP contribution in [0.3, 0.4) is 0 Å². The first-order valence-electron chi connectivity index (χ1n) is 7.05. The second-order valence-electron chi connectivity index (χ2n) is 4.16. The van der Waals surface area contributed by atoms with E-state index < -0.39 is 5.69 Å². The molecule has 1 aromatic rings. The zero-order valence-corrected chi connectivity index (χ0v) is 16.4. The van der Waals surface area contributed by atoms with E-state index in [4.69, 9.17) is 20.9 Å². The van der Waals surface area contributed by atoms with Gasteiger partial charge < -0.3 is 14.4 Å². The van der Waals surface area contributed by atoms with Gasteiger partial charge in [-0.2, -0.15) is 0 Å². The summed E-state index contributed by atoms with van der Waals surface area (Å²) in [6.07, 6.45) is 0. The second-order valence-corrected chi connectivity index (χ2v) is 11.4. The Morgan fingerprint density at radius 3 is 2.52 bits per heavy atom. The number of carbonyl (C=O) groups excluding carboxylic acids is 2. The second kappa shape index (κ2) is 11.1. The molecule has 0 aliphatic carbocycles. The number of benzene rings is 1. The van der Waals surface area contributed by atoms with Crippen LogP contribution in [0.5, 0.6) is 5.75 Å². The molecule has 0 heterocycles. The van der Waals surface area contributed by atoms with E-state index in [2.05, 4.69) is 5.32 Å². The number of thioether (sulfide) groups is 1. The van der Waals surface area contributed by atoms with Crippen molar-refractivity contribution >= 4 is 51.7 Å². The fraction of sp³-hybridized carbons (Fsp3) is 0.429. The van der Waals surface area contributed by atoms with E-state index in [1.54, 1.807) is 12.1 Å². The average Bonchev–Trinajstić information content (AvgIpc) is 2.52. The van der Waals surface area contributed by atoms with Crippen molar-refractivity contribution in [3.63, 3.8) is 0 Å². The maximum Gasteiger partial charge on any atom is 0.297 e. The molecular weight excluding hydrogens is 373 g/mol. The third-order valence-corrected chi connectivity index (χ3v) is 8.46. The van der Waals surface area contributed by atoms with Crippen molar-refractivity contribution in [3.8, 4) is 5.75 Å². The monoisotopic (exact) mass is 393 g/mol. The number of amides is 1. The number of carbonyl (C=O) groups is 2. The van der Waals surface area contributed by atoms with E-state index in [9.17, 15) is 9.59 Å². The standard InChI is InChI=1S/C14H20NO4PS3/c1-3-15-13(16)10-22-14(17)11-23-20(21,18-4-2)19-12-8-6-5-7-9-12/h5-9H,3-4,10-11H2,1-2H3,(H,15,16). The summed E-state index contributed by atoms with van der Waals surface area (Å²) < 4.78 is 11.4. The Balaban J connectivity index is 2.50. The molecule has 0 aliphatic rings. The quantitative estimate of drug-likeness (QED) is 0.611. The summed E-state index contributed by atoms with van der Waals surface area (Å²) in [6.45, 7) is 4.64. The molecule has 0 bridgehead atoms. The SMILES string of the molecule is CCNC(=O)CSC(=O)CSP(=S)(OCC)Oc1ccccc1.